The van der Waals surface area contributed by atoms with Crippen LogP contribution in [-0.2, 0) is 10.0 Å². The molecule has 1 saturated heterocycles. The molecule has 42 heavy (non-hydrogen) atoms. The van der Waals surface area contributed by atoms with Crippen molar-refractivity contribution in [2.45, 2.75) is 4.90 Å². The molecule has 0 atom stereocenters. The Morgan fingerprint density at radius 1 is 0.810 bits per heavy atom. The smallest absolute Gasteiger partial charge is 0.331 e. The summed E-state index contributed by atoms with van der Waals surface area (Å²) >= 11 is 0. The van der Waals surface area contributed by atoms with Gasteiger partial charge in [0.2, 0.25) is 10.0 Å². The first kappa shape index (κ1) is 27.2. The van der Waals surface area contributed by atoms with E-state index < -0.39 is 10.0 Å². The standard InChI is InChI=1S/C30H27FN6O4S/c31-21-3-10-24(11-4-21)35-15-17-36(18-16-35)29(38)20-1-8-25(9-2-20)37-28-14-7-23(19-27(28)34-30(37)39)33-22-5-12-26(13-6-22)42(32,40)41/h1-14,19,33H,15-18H2,(H,34,39)(H2,32,40,41). The SMILES string of the molecule is NS(=O)(=O)c1ccc(Nc2ccc3c(c2)[nH]c(=O)n3-c2ccc(C(=O)N3CCN(c4ccc(F)cc4)CC3)cc2)cc1. The van der Waals surface area contributed by atoms with Gasteiger partial charge < -0.3 is 20.1 Å². The van der Waals surface area contributed by atoms with Crippen molar-refractivity contribution in [3.05, 3.63) is 113 Å². The summed E-state index contributed by atoms with van der Waals surface area (Å²) in [7, 11) is -3.78. The van der Waals surface area contributed by atoms with Gasteiger partial charge in [-0.1, -0.05) is 0 Å². The van der Waals surface area contributed by atoms with Crippen molar-refractivity contribution in [1.29, 1.82) is 0 Å². The summed E-state index contributed by atoms with van der Waals surface area (Å²) in [5, 5.41) is 8.34. The summed E-state index contributed by atoms with van der Waals surface area (Å²) in [5.74, 6) is -0.361. The highest BCUT2D eigenvalue weighted by molar-refractivity contribution is 7.89. The van der Waals surface area contributed by atoms with E-state index >= 15 is 0 Å². The lowest BCUT2D eigenvalue weighted by Crippen LogP contribution is -2.48. The highest BCUT2D eigenvalue weighted by Gasteiger charge is 2.22. The van der Waals surface area contributed by atoms with Gasteiger partial charge in [0.25, 0.3) is 5.91 Å². The number of piperazine rings is 1. The van der Waals surface area contributed by atoms with Crippen molar-refractivity contribution in [2.75, 3.05) is 36.4 Å². The van der Waals surface area contributed by atoms with E-state index in [-0.39, 0.29) is 22.3 Å². The molecule has 0 spiro atoms. The molecule has 0 bridgehead atoms. The predicted octanol–water partition coefficient (Wildman–Crippen LogP) is 3.81. The van der Waals surface area contributed by atoms with Gasteiger partial charge in [0, 0.05) is 48.8 Å². The number of nitrogens with one attached hydrogen (secondary N) is 2. The second kappa shape index (κ2) is 10.8. The molecule has 4 N–H and O–H groups in total. The first-order chi connectivity index (χ1) is 20.2. The fraction of sp³-hybridized carbons (Fsp3) is 0.133. The second-order valence-electron chi connectivity index (χ2n) is 9.99. The number of nitrogens with zero attached hydrogens (tertiary/aromatic N) is 3. The molecule has 10 nitrogen and oxygen atoms in total. The molecular formula is C30H27FN6O4S. The summed E-state index contributed by atoms with van der Waals surface area (Å²) in [6.07, 6.45) is 0. The lowest BCUT2D eigenvalue weighted by Gasteiger charge is -2.36. The predicted molar refractivity (Wildman–Crippen MR) is 160 cm³/mol. The van der Waals surface area contributed by atoms with Crippen LogP contribution in [0.2, 0.25) is 0 Å². The number of aromatic nitrogens is 2. The molecule has 1 aromatic heterocycles. The number of H-pyrrole nitrogens is 1. The van der Waals surface area contributed by atoms with Crippen molar-refractivity contribution >= 4 is 44.0 Å². The van der Waals surface area contributed by atoms with Crippen LogP contribution in [0.3, 0.4) is 0 Å². The minimum atomic E-state index is -3.78. The number of hydrogen-bond donors (Lipinski definition) is 3. The van der Waals surface area contributed by atoms with Gasteiger partial charge in [0.1, 0.15) is 5.82 Å². The zero-order chi connectivity index (χ0) is 29.4. The Bertz CT molecular complexity index is 1930. The number of aromatic amines is 1. The number of carbonyl (C=O) groups is 1. The quantitative estimate of drug-likeness (QED) is 0.277. The van der Waals surface area contributed by atoms with Gasteiger partial charge in [-0.3, -0.25) is 9.36 Å². The third kappa shape index (κ3) is 5.49. The zero-order valence-corrected chi connectivity index (χ0v) is 23.1. The Labute approximate surface area is 240 Å². The number of sulfonamides is 1. The van der Waals surface area contributed by atoms with Crippen molar-refractivity contribution in [2.24, 2.45) is 5.14 Å². The minimum Gasteiger partial charge on any atom is -0.368 e. The fourth-order valence-corrected chi connectivity index (χ4v) is 5.61. The number of halogens is 1. The molecule has 4 aromatic carbocycles. The van der Waals surface area contributed by atoms with Crippen LogP contribution in [0.4, 0.5) is 21.5 Å². The van der Waals surface area contributed by atoms with Crippen LogP contribution in [-0.4, -0.2) is 55.0 Å². The van der Waals surface area contributed by atoms with Crippen LogP contribution < -0.4 is 21.0 Å². The Balaban J connectivity index is 1.15. The van der Waals surface area contributed by atoms with E-state index in [1.807, 2.05) is 6.07 Å². The van der Waals surface area contributed by atoms with Gasteiger partial charge >= 0.3 is 5.69 Å². The Morgan fingerprint density at radius 3 is 2.07 bits per heavy atom. The Kier molecular flexibility index (Phi) is 7.01. The van der Waals surface area contributed by atoms with Crippen molar-refractivity contribution in [1.82, 2.24) is 14.5 Å². The van der Waals surface area contributed by atoms with Crippen LogP contribution >= 0.6 is 0 Å². The van der Waals surface area contributed by atoms with Crippen molar-refractivity contribution in [3.63, 3.8) is 0 Å². The van der Waals surface area contributed by atoms with Crippen LogP contribution in [0.1, 0.15) is 10.4 Å². The molecule has 0 aliphatic carbocycles. The topological polar surface area (TPSA) is 134 Å². The minimum absolute atomic E-state index is 0.0158. The summed E-state index contributed by atoms with van der Waals surface area (Å²) in [4.78, 5) is 32.8. The molecule has 214 valence electrons. The number of anilines is 3. The summed E-state index contributed by atoms with van der Waals surface area (Å²) in [6.45, 7) is 2.40. The first-order valence-corrected chi connectivity index (χ1v) is 14.8. The van der Waals surface area contributed by atoms with Crippen LogP contribution in [0.25, 0.3) is 16.7 Å². The van der Waals surface area contributed by atoms with E-state index in [1.54, 1.807) is 65.6 Å². The lowest BCUT2D eigenvalue weighted by molar-refractivity contribution is 0.0747. The summed E-state index contributed by atoms with van der Waals surface area (Å²) in [5.41, 5.74) is 4.36. The molecule has 1 amide bonds. The number of fused-ring (bicyclic) bond motifs is 1. The number of benzene rings is 4. The van der Waals surface area contributed by atoms with Gasteiger partial charge in [-0.25, -0.2) is 22.7 Å². The highest BCUT2D eigenvalue weighted by Crippen LogP contribution is 2.24. The van der Waals surface area contributed by atoms with Crippen molar-refractivity contribution in [3.8, 4) is 5.69 Å². The van der Waals surface area contributed by atoms with Gasteiger partial charge in [-0.05, 0) is 91.0 Å². The molecule has 0 radical (unpaired) electrons. The van der Waals surface area contributed by atoms with Crippen molar-refractivity contribution < 1.29 is 17.6 Å². The van der Waals surface area contributed by atoms with Gasteiger partial charge in [-0.2, -0.15) is 0 Å². The Morgan fingerprint density at radius 2 is 1.43 bits per heavy atom. The molecule has 1 aliphatic heterocycles. The number of amides is 1. The van der Waals surface area contributed by atoms with Crippen LogP contribution in [0, 0.1) is 5.82 Å². The number of hydrogen-bond acceptors (Lipinski definition) is 6. The normalized spacial score (nSPS) is 13.9. The molecule has 0 saturated carbocycles. The average molecular weight is 587 g/mol. The molecule has 5 aromatic rings. The third-order valence-corrected chi connectivity index (χ3v) is 8.21. The van der Waals surface area contributed by atoms with E-state index in [1.165, 1.54) is 28.8 Å². The van der Waals surface area contributed by atoms with Crippen LogP contribution in [0.5, 0.6) is 0 Å². The fourth-order valence-electron chi connectivity index (χ4n) is 5.10. The van der Waals surface area contributed by atoms with E-state index in [9.17, 15) is 22.4 Å². The van der Waals surface area contributed by atoms with E-state index in [0.717, 1.165) is 5.69 Å². The van der Waals surface area contributed by atoms with Gasteiger partial charge in [0.15, 0.2) is 0 Å². The Hall–Kier alpha value is -4.94. The number of primary sulfonamides is 1. The molecule has 0 unspecified atom stereocenters. The molecule has 1 aliphatic rings. The number of carbonyl (C=O) groups excluding carboxylic acids is 1. The number of nitrogens with two attached hydrogens (primary N) is 1. The molecule has 6 rings (SSSR count). The van der Waals surface area contributed by atoms with E-state index in [4.69, 9.17) is 5.14 Å². The first-order valence-electron chi connectivity index (χ1n) is 13.2. The summed E-state index contributed by atoms with van der Waals surface area (Å²) in [6, 6.07) is 24.7. The maximum Gasteiger partial charge on any atom is 0.331 e. The number of rotatable bonds is 6. The maximum absolute atomic E-state index is 13.2. The summed E-state index contributed by atoms with van der Waals surface area (Å²) < 4.78 is 37.7. The van der Waals surface area contributed by atoms with E-state index in [2.05, 4.69) is 15.2 Å². The molecule has 1 fully saturated rings. The van der Waals surface area contributed by atoms with Gasteiger partial charge in [-0.15, -0.1) is 0 Å². The molecule has 2 heterocycles. The zero-order valence-electron chi connectivity index (χ0n) is 22.3. The molecular weight excluding hydrogens is 559 g/mol. The monoisotopic (exact) mass is 586 g/mol. The van der Waals surface area contributed by atoms with Crippen LogP contribution in [0.15, 0.2) is 101 Å². The lowest BCUT2D eigenvalue weighted by atomic mass is 10.1. The average Bonchev–Trinajstić information content (AvgIpc) is 3.32. The maximum atomic E-state index is 13.2. The van der Waals surface area contributed by atoms with Gasteiger partial charge in [0.05, 0.1) is 21.6 Å². The number of imidazole rings is 1. The van der Waals surface area contributed by atoms with E-state index in [0.29, 0.717) is 59.8 Å². The largest absolute Gasteiger partial charge is 0.368 e. The molecule has 12 heteroatoms. The highest BCUT2D eigenvalue weighted by atomic mass is 32.2. The second-order valence-corrected chi connectivity index (χ2v) is 11.6. The third-order valence-electron chi connectivity index (χ3n) is 7.28.